The molecule has 7 aromatic rings. The first-order valence-electron chi connectivity index (χ1n) is 30.5. The number of nitriles is 1. The fourth-order valence-corrected chi connectivity index (χ4v) is 8.79. The Morgan fingerprint density at radius 1 is 0.389 bits per heavy atom. The molecule has 49 heteroatoms. The first-order chi connectivity index (χ1) is 53.6. The number of methoxy groups -OCH3 is 1. The van der Waals surface area contributed by atoms with E-state index in [1.165, 1.54) is 55.6 Å². The van der Waals surface area contributed by atoms with Crippen LogP contribution in [0.25, 0.3) is 21.5 Å². The van der Waals surface area contributed by atoms with Gasteiger partial charge in [-0.15, -0.1) is 0 Å². The van der Waals surface area contributed by atoms with E-state index >= 15 is 0 Å². The summed E-state index contributed by atoms with van der Waals surface area (Å²) in [6.07, 6.45) is -2.59. The average Bonchev–Trinajstić information content (AvgIpc) is 0.809. The van der Waals surface area contributed by atoms with Gasteiger partial charge < -0.3 is 73.7 Å². The van der Waals surface area contributed by atoms with Crippen LogP contribution in [0.3, 0.4) is 0 Å². The van der Waals surface area contributed by atoms with Crippen LogP contribution in [0.1, 0.15) is 48.9 Å². The number of esters is 5. The summed E-state index contributed by atoms with van der Waals surface area (Å²) in [7, 11) is 1.42. The van der Waals surface area contributed by atoms with Crippen molar-refractivity contribution in [3.05, 3.63) is 168 Å². The van der Waals surface area contributed by atoms with Gasteiger partial charge in [0.25, 0.3) is 0 Å². The summed E-state index contributed by atoms with van der Waals surface area (Å²) in [5.41, 5.74) is 0.313. The van der Waals surface area contributed by atoms with Crippen LogP contribution in [0, 0.1) is 11.3 Å². The summed E-state index contributed by atoms with van der Waals surface area (Å²) in [5, 5.41) is 52.3. The Morgan fingerprint density at radius 2 is 0.726 bits per heavy atom. The molecule has 0 aromatic heterocycles. The lowest BCUT2D eigenvalue weighted by Crippen LogP contribution is -2.30. The molecule has 0 unspecified atom stereocenters. The predicted molar refractivity (Wildman–Crippen MR) is 352 cm³/mol. The van der Waals surface area contributed by atoms with Gasteiger partial charge in [-0.05, 0) is 97.3 Å². The second-order valence-electron chi connectivity index (χ2n) is 20.0. The van der Waals surface area contributed by atoms with Gasteiger partial charge in [-0.2, -0.15) is 84.0 Å². The minimum absolute atomic E-state index is 0.0659. The average molecular weight is 1730 g/mol. The summed E-state index contributed by atoms with van der Waals surface area (Å²) in [6, 6.07) is 38.6. The molecule has 113 heavy (non-hydrogen) atoms. The van der Waals surface area contributed by atoms with Crippen LogP contribution in [-0.2, 0) is 109 Å². The smallest absolute Gasteiger partial charge is 0.416 e. The molecule has 0 aliphatic carbocycles. The second kappa shape index (κ2) is 51.1. The lowest BCUT2D eigenvalue weighted by Gasteiger charge is -2.15. The highest BCUT2D eigenvalue weighted by atomic mass is 32.2. The van der Waals surface area contributed by atoms with E-state index in [-0.39, 0.29) is 25.4 Å². The van der Waals surface area contributed by atoms with E-state index in [9.17, 15) is 107 Å². The van der Waals surface area contributed by atoms with Gasteiger partial charge in [0.05, 0.1) is 44.1 Å². The van der Waals surface area contributed by atoms with E-state index in [1.807, 2.05) is 55.5 Å². The van der Waals surface area contributed by atoms with Crippen molar-refractivity contribution in [2.75, 3.05) is 53.4 Å². The lowest BCUT2D eigenvalue weighted by molar-refractivity contribution is -0.777. The number of alkyl halides is 13. The largest absolute Gasteiger partial charge is 0.691 e. The number of carbonyl (C=O) groups excluding carboxylic acids is 5. The molecule has 0 atom stereocenters. The van der Waals surface area contributed by atoms with Gasteiger partial charge in [-0.1, -0.05) is 86.1 Å². The van der Waals surface area contributed by atoms with Crippen LogP contribution >= 0.6 is 60.2 Å². The van der Waals surface area contributed by atoms with Gasteiger partial charge in [0.15, 0.2) is 0 Å². The summed E-state index contributed by atoms with van der Waals surface area (Å²) in [6.45, 7) is 3.02. The third-order valence-electron chi connectivity index (χ3n) is 12.5. The number of benzene rings is 7. The maximum Gasteiger partial charge on any atom is 0.416 e. The fourth-order valence-electron chi connectivity index (χ4n) is 7.61. The first-order valence-corrected chi connectivity index (χ1v) is 34.2. The van der Waals surface area contributed by atoms with Crippen LogP contribution < -0.4 is 54.7 Å². The minimum Gasteiger partial charge on any atom is -0.691 e. The highest BCUT2D eigenvalue weighted by molar-refractivity contribution is 7.97. The van der Waals surface area contributed by atoms with E-state index < -0.39 is 155 Å². The van der Waals surface area contributed by atoms with Crippen LogP contribution in [0.4, 0.5) is 57.1 Å². The molecule has 0 N–H and O–H groups in total. The number of hydrogen-bond acceptors (Lipinski definition) is 36. The van der Waals surface area contributed by atoms with Crippen LogP contribution in [0.5, 0.6) is 34.5 Å². The van der Waals surface area contributed by atoms with Crippen molar-refractivity contribution in [2.45, 2.75) is 72.2 Å². The highest BCUT2D eigenvalue weighted by Crippen LogP contribution is 2.38. The topological polar surface area (TPSA) is 409 Å². The molecule has 0 saturated carbocycles. The maximum absolute atomic E-state index is 13.2. The first kappa shape index (κ1) is 98.3. The Kier molecular flexibility index (Phi) is 44.5. The molecule has 7 rings (SSSR count). The molecule has 7 aromatic carbocycles. The molecule has 0 spiro atoms. The summed E-state index contributed by atoms with van der Waals surface area (Å²) in [5.74, 6) is -6.72. The van der Waals surface area contributed by atoms with Gasteiger partial charge >= 0.3 is 62.3 Å². The monoisotopic (exact) mass is 1720 g/mol. The molecule has 0 fully saturated rings. The molecule has 0 aliphatic rings. The fraction of sp³-hybridized carbons (Fsp3) is 0.312. The summed E-state index contributed by atoms with van der Waals surface area (Å²) < 4.78 is 233. The van der Waals surface area contributed by atoms with Crippen molar-refractivity contribution < 1.29 is 202 Å². The Hall–Kier alpha value is -8.86. The zero-order chi connectivity index (χ0) is 84.1. The van der Waals surface area contributed by atoms with Crippen LogP contribution in [0.15, 0.2) is 146 Å². The van der Waals surface area contributed by atoms with Crippen molar-refractivity contribution in [3.63, 3.8) is 0 Å². The van der Waals surface area contributed by atoms with Gasteiger partial charge in [-0.3, -0.25) is 25.2 Å². The summed E-state index contributed by atoms with van der Waals surface area (Å²) >= 11 is -3.83. The van der Waals surface area contributed by atoms with Crippen molar-refractivity contribution in [1.29, 1.82) is 5.26 Å². The molecule has 0 bridgehead atoms. The van der Waals surface area contributed by atoms with Gasteiger partial charge in [0.1, 0.15) is 128 Å². The number of carbonyl (C=O) groups is 5. The zero-order valence-electron chi connectivity index (χ0n) is 57.3. The molecule has 622 valence electrons. The molecule has 0 amide bonds. The van der Waals surface area contributed by atoms with Gasteiger partial charge in [0.2, 0.25) is 0 Å². The van der Waals surface area contributed by atoms with Crippen molar-refractivity contribution >= 4 is 112 Å². The Morgan fingerprint density at radius 3 is 1.07 bits per heavy atom. The minimum atomic E-state index is -4.48. The number of rotatable bonds is 41. The number of unbranched alkanes of at least 4 members (excludes halogenated alkanes) is 1. The molecule has 0 saturated heterocycles. The SMILES string of the molecule is CCCCOc1cccc2c(OCCOC(=O)C(F)(F)SOO[O-])cccc12.CCOc1cccc2c(OCCOC(=O)C(F)(F)SOO[O-])cccc12.COc1ccc(OC(=O)C(F)(F)SOO[O-])cc1.N#Cc1ccc(COC(=O)C(F)(F)SOO[O-])cc1.O=C(OCCc1ccc(C(F)(F)F)cc1)C(F)(F)SOO[O-]. The summed E-state index contributed by atoms with van der Waals surface area (Å²) in [4.78, 5) is 55.5. The van der Waals surface area contributed by atoms with Crippen molar-refractivity contribution in [1.82, 2.24) is 0 Å². The second-order valence-corrected chi connectivity index (χ2v) is 24.1. The standard InChI is InChI=1S/C18H20F2O7S.C16H16F2O7S.C11H9F5O5S.C10H7F2NO5S.C9H8F2O6S/c1-2-3-10-23-15-8-4-7-14-13(15)6-5-9-16(14)24-11-12-25-17(21)18(19,20)28-27-26-22;1-2-21-13-7-3-6-12-11(13)5-4-8-14(12)22-9-10-23-15(19)16(17,18)26-25-24-20;12-10(13,14)8-3-1-7(2-4-8)5-6-19-9(17)11(15,16)22-21-20-18;11-10(12,19-18-17-15)9(14)16-6-8-3-1-7(5-13)2-4-8;1-14-6-2-4-7(5-3-6)15-8(12)9(10,11)18-17-16-13/h4-9,22H,2-3,10-12H2,1H3;3-8,20H,2,9-10H2,1H3;1-4,18H,5-6H2;1-4,15H,6H2;2-5,13H,1H3/p-5. The quantitative estimate of drug-likeness (QED) is 0.00502. The van der Waals surface area contributed by atoms with E-state index in [2.05, 4.69) is 77.5 Å². The van der Waals surface area contributed by atoms with E-state index in [4.69, 9.17) is 28.9 Å². The third-order valence-corrected chi connectivity index (χ3v) is 15.0. The van der Waals surface area contributed by atoms with Gasteiger partial charge in [-0.25, -0.2) is 24.0 Å². The normalized spacial score (nSPS) is 11.4. The Labute approximate surface area is 649 Å². The maximum atomic E-state index is 13.2. The Balaban J connectivity index is 0.000000369. The van der Waals surface area contributed by atoms with Crippen LogP contribution in [-0.4, -0.2) is 109 Å². The third kappa shape index (κ3) is 36.0. The molecule has 0 aliphatic heterocycles. The van der Waals surface area contributed by atoms with Crippen molar-refractivity contribution in [2.24, 2.45) is 0 Å². The molecular formula is C64H55F13NO30S5-5. The number of ether oxygens (including phenoxy) is 10. The van der Waals surface area contributed by atoms with E-state index in [0.717, 1.165) is 64.4 Å². The van der Waals surface area contributed by atoms with Gasteiger partial charge in [0, 0.05) is 28.0 Å². The number of halogens is 13. The highest BCUT2D eigenvalue weighted by Gasteiger charge is 2.47. The predicted octanol–water partition coefficient (Wildman–Crippen LogP) is 10.4. The zero-order valence-corrected chi connectivity index (χ0v) is 61.4. The lowest BCUT2D eigenvalue weighted by atomic mass is 10.1. The van der Waals surface area contributed by atoms with E-state index in [1.54, 1.807) is 30.3 Å². The number of fused-ring (bicyclic) bond motifs is 2. The number of nitrogens with zero attached hydrogens (tertiary/aromatic N) is 1. The Bertz CT molecular complexity index is 4060. The molecule has 31 nitrogen and oxygen atoms in total. The van der Waals surface area contributed by atoms with Crippen molar-refractivity contribution in [3.8, 4) is 40.6 Å². The van der Waals surface area contributed by atoms with Crippen LogP contribution in [0.2, 0.25) is 0 Å². The molecule has 0 heterocycles. The molecule has 0 radical (unpaired) electrons. The number of hydrogen-bond donors (Lipinski definition) is 0. The molecular weight excluding hydrogens is 1670 g/mol. The van der Waals surface area contributed by atoms with E-state index in [0.29, 0.717) is 52.9 Å².